The Morgan fingerprint density at radius 2 is 1.47 bits per heavy atom. The van der Waals surface area contributed by atoms with E-state index in [9.17, 15) is 31.2 Å². The lowest BCUT2D eigenvalue weighted by molar-refractivity contribution is -0.137. The van der Waals surface area contributed by atoms with Gasteiger partial charge in [0.25, 0.3) is 5.91 Å². The van der Waals surface area contributed by atoms with E-state index in [1.807, 2.05) is 6.92 Å². The molecule has 1 atom stereocenters. The number of rotatable bonds is 9. The maximum Gasteiger partial charge on any atom is 0.416 e. The Hall–Kier alpha value is -3.66. The second-order valence-corrected chi connectivity index (χ2v) is 11.1. The molecule has 10 heteroatoms. The zero-order valence-corrected chi connectivity index (χ0v) is 22.1. The SMILES string of the molecule is CC[C@H](c1ccc(C(F)(F)F)cc1)N(C)C(=O)c1ccc(NC(=O)Cc2ccc(S(=O)(=O)CC)cc2)cc1. The summed E-state index contributed by atoms with van der Waals surface area (Å²) in [5.41, 5.74) is 1.35. The molecule has 0 radical (unpaired) electrons. The summed E-state index contributed by atoms with van der Waals surface area (Å²) in [5, 5.41) is 2.75. The zero-order chi connectivity index (χ0) is 28.1. The van der Waals surface area contributed by atoms with Crippen molar-refractivity contribution in [1.29, 1.82) is 0 Å². The Kier molecular flexibility index (Phi) is 8.98. The molecule has 1 N–H and O–H groups in total. The molecule has 3 aromatic rings. The summed E-state index contributed by atoms with van der Waals surface area (Å²) < 4.78 is 62.5. The summed E-state index contributed by atoms with van der Waals surface area (Å²) in [5.74, 6) is -0.618. The average molecular weight is 547 g/mol. The fourth-order valence-corrected chi connectivity index (χ4v) is 4.92. The number of alkyl halides is 3. The van der Waals surface area contributed by atoms with E-state index in [0.29, 0.717) is 28.8 Å². The largest absolute Gasteiger partial charge is 0.416 e. The second-order valence-electron chi connectivity index (χ2n) is 8.81. The van der Waals surface area contributed by atoms with Crippen molar-refractivity contribution < 1.29 is 31.2 Å². The van der Waals surface area contributed by atoms with Crippen LogP contribution in [0.2, 0.25) is 0 Å². The topological polar surface area (TPSA) is 83.6 Å². The molecule has 0 spiro atoms. The first-order chi connectivity index (χ1) is 17.9. The predicted octanol–water partition coefficient (Wildman–Crippen LogP) is 5.90. The van der Waals surface area contributed by atoms with Gasteiger partial charge in [0.1, 0.15) is 0 Å². The minimum atomic E-state index is -4.43. The van der Waals surface area contributed by atoms with E-state index in [2.05, 4.69) is 5.32 Å². The van der Waals surface area contributed by atoms with Crippen LogP contribution in [0.25, 0.3) is 0 Å². The summed E-state index contributed by atoms with van der Waals surface area (Å²) in [7, 11) is -1.71. The van der Waals surface area contributed by atoms with Crippen LogP contribution in [0.1, 0.15) is 53.4 Å². The number of amides is 2. The van der Waals surface area contributed by atoms with Crippen LogP contribution in [-0.2, 0) is 27.2 Å². The number of hydrogen-bond donors (Lipinski definition) is 1. The van der Waals surface area contributed by atoms with Gasteiger partial charge in [0.15, 0.2) is 9.84 Å². The molecule has 0 aliphatic rings. The van der Waals surface area contributed by atoms with Crippen LogP contribution in [0, 0.1) is 0 Å². The third-order valence-electron chi connectivity index (χ3n) is 6.24. The van der Waals surface area contributed by atoms with Crippen LogP contribution in [0.5, 0.6) is 0 Å². The molecule has 3 rings (SSSR count). The molecule has 0 bridgehead atoms. The van der Waals surface area contributed by atoms with Crippen molar-refractivity contribution in [3.63, 3.8) is 0 Å². The number of carbonyl (C=O) groups excluding carboxylic acids is 2. The standard InChI is InChI=1S/C28H29F3N2O4S/c1-4-25(20-8-12-22(13-9-20)28(29,30)31)33(3)27(35)21-10-14-23(15-11-21)32-26(34)18-19-6-16-24(17-7-19)38(36,37)5-2/h6-17,25H,4-5,18H2,1-3H3,(H,32,34)/t25-/m1/s1. The van der Waals surface area contributed by atoms with E-state index < -0.39 is 27.6 Å². The van der Waals surface area contributed by atoms with Gasteiger partial charge in [0, 0.05) is 18.3 Å². The van der Waals surface area contributed by atoms with Crippen LogP contribution >= 0.6 is 0 Å². The fourth-order valence-electron chi connectivity index (χ4n) is 4.04. The average Bonchev–Trinajstić information content (AvgIpc) is 2.89. The van der Waals surface area contributed by atoms with Crippen molar-refractivity contribution in [2.75, 3.05) is 18.1 Å². The molecule has 0 aliphatic carbocycles. The number of halogens is 3. The highest BCUT2D eigenvalue weighted by molar-refractivity contribution is 7.91. The smallest absolute Gasteiger partial charge is 0.335 e. The first-order valence-corrected chi connectivity index (χ1v) is 13.7. The van der Waals surface area contributed by atoms with Gasteiger partial charge in [0.2, 0.25) is 5.91 Å². The van der Waals surface area contributed by atoms with Gasteiger partial charge in [-0.1, -0.05) is 38.1 Å². The highest BCUT2D eigenvalue weighted by Crippen LogP contribution is 2.32. The van der Waals surface area contributed by atoms with E-state index >= 15 is 0 Å². The van der Waals surface area contributed by atoms with Gasteiger partial charge in [-0.25, -0.2) is 8.42 Å². The highest BCUT2D eigenvalue weighted by Gasteiger charge is 2.30. The molecule has 3 aromatic carbocycles. The Labute approximate surface area is 220 Å². The van der Waals surface area contributed by atoms with Crippen molar-refractivity contribution in [3.05, 3.63) is 95.1 Å². The number of nitrogens with one attached hydrogen (secondary N) is 1. The fraction of sp³-hybridized carbons (Fsp3) is 0.286. The number of hydrogen-bond acceptors (Lipinski definition) is 4. The summed E-state index contributed by atoms with van der Waals surface area (Å²) in [6.07, 6.45) is -3.88. The number of benzene rings is 3. The van der Waals surface area contributed by atoms with Gasteiger partial charge in [-0.3, -0.25) is 9.59 Å². The van der Waals surface area contributed by atoms with Crippen molar-refractivity contribution in [2.24, 2.45) is 0 Å². The van der Waals surface area contributed by atoms with Crippen molar-refractivity contribution in [1.82, 2.24) is 4.90 Å². The third-order valence-corrected chi connectivity index (χ3v) is 7.99. The number of carbonyl (C=O) groups is 2. The Morgan fingerprint density at radius 3 is 1.97 bits per heavy atom. The first kappa shape index (κ1) is 28.9. The lowest BCUT2D eigenvalue weighted by atomic mass is 10.0. The monoisotopic (exact) mass is 546 g/mol. The highest BCUT2D eigenvalue weighted by atomic mass is 32.2. The first-order valence-electron chi connectivity index (χ1n) is 12.0. The summed E-state index contributed by atoms with van der Waals surface area (Å²) in [6, 6.07) is 16.8. The maximum atomic E-state index is 13.1. The summed E-state index contributed by atoms with van der Waals surface area (Å²) in [4.78, 5) is 27.2. The second kappa shape index (κ2) is 11.8. The molecule has 0 aromatic heterocycles. The lowest BCUT2D eigenvalue weighted by Gasteiger charge is -2.28. The minimum Gasteiger partial charge on any atom is -0.335 e. The molecule has 0 saturated carbocycles. The van der Waals surface area contributed by atoms with Crippen LogP contribution in [-0.4, -0.2) is 37.9 Å². The van der Waals surface area contributed by atoms with Crippen LogP contribution in [0.15, 0.2) is 77.7 Å². The molecule has 0 heterocycles. The number of sulfone groups is 1. The van der Waals surface area contributed by atoms with Gasteiger partial charge in [-0.05, 0) is 66.1 Å². The third kappa shape index (κ3) is 7.00. The van der Waals surface area contributed by atoms with E-state index in [0.717, 1.165) is 12.1 Å². The Balaban J connectivity index is 1.63. The van der Waals surface area contributed by atoms with Crippen molar-refractivity contribution in [3.8, 4) is 0 Å². The number of nitrogens with zero attached hydrogens (tertiary/aromatic N) is 1. The molecular weight excluding hydrogens is 517 g/mol. The Bertz CT molecular complexity index is 1370. The molecule has 0 unspecified atom stereocenters. The summed E-state index contributed by atoms with van der Waals surface area (Å²) >= 11 is 0. The van der Waals surface area contributed by atoms with Crippen molar-refractivity contribution in [2.45, 2.75) is 43.8 Å². The van der Waals surface area contributed by atoms with Gasteiger partial charge in [-0.15, -0.1) is 0 Å². The normalized spacial score (nSPS) is 12.6. The van der Waals surface area contributed by atoms with E-state index in [1.165, 1.54) is 29.2 Å². The molecule has 0 aliphatic heterocycles. The molecule has 0 saturated heterocycles. The summed E-state index contributed by atoms with van der Waals surface area (Å²) in [6.45, 7) is 3.41. The van der Waals surface area contributed by atoms with Crippen LogP contribution < -0.4 is 5.32 Å². The van der Waals surface area contributed by atoms with Gasteiger partial charge >= 0.3 is 6.18 Å². The molecule has 6 nitrogen and oxygen atoms in total. The van der Waals surface area contributed by atoms with Crippen molar-refractivity contribution >= 4 is 27.3 Å². The molecule has 202 valence electrons. The number of anilines is 1. The van der Waals surface area contributed by atoms with Gasteiger partial charge in [-0.2, -0.15) is 13.2 Å². The quantitative estimate of drug-likeness (QED) is 0.362. The molecule has 38 heavy (non-hydrogen) atoms. The van der Waals surface area contributed by atoms with E-state index in [-0.39, 0.29) is 28.9 Å². The van der Waals surface area contributed by atoms with Crippen LogP contribution in [0.4, 0.5) is 18.9 Å². The molecule has 2 amide bonds. The predicted molar refractivity (Wildman–Crippen MR) is 140 cm³/mol. The Morgan fingerprint density at radius 1 is 0.895 bits per heavy atom. The lowest BCUT2D eigenvalue weighted by Crippen LogP contribution is -2.31. The minimum absolute atomic E-state index is 0.00468. The van der Waals surface area contributed by atoms with Crippen LogP contribution in [0.3, 0.4) is 0 Å². The van der Waals surface area contributed by atoms with Gasteiger partial charge in [0.05, 0.1) is 28.7 Å². The van der Waals surface area contributed by atoms with E-state index in [4.69, 9.17) is 0 Å². The van der Waals surface area contributed by atoms with E-state index in [1.54, 1.807) is 50.4 Å². The zero-order valence-electron chi connectivity index (χ0n) is 21.2. The molecule has 0 fully saturated rings. The van der Waals surface area contributed by atoms with Gasteiger partial charge < -0.3 is 10.2 Å². The molecular formula is C28H29F3N2O4S. The maximum absolute atomic E-state index is 13.1.